The molecule has 0 spiro atoms. The predicted molar refractivity (Wildman–Crippen MR) is 108 cm³/mol. The number of benzene rings is 2. The minimum Gasteiger partial charge on any atom is -0.480 e. The zero-order chi connectivity index (χ0) is 20.4. The van der Waals surface area contributed by atoms with Crippen molar-refractivity contribution in [3.63, 3.8) is 0 Å². The van der Waals surface area contributed by atoms with Gasteiger partial charge < -0.3 is 20.3 Å². The van der Waals surface area contributed by atoms with Crippen LogP contribution >= 0.6 is 0 Å². The summed E-state index contributed by atoms with van der Waals surface area (Å²) < 4.78 is 5.46. The maximum absolute atomic E-state index is 12.4. The van der Waals surface area contributed by atoms with Crippen LogP contribution in [-0.2, 0) is 9.53 Å². The summed E-state index contributed by atoms with van der Waals surface area (Å²) in [6.45, 7) is 0.138. The van der Waals surface area contributed by atoms with Crippen molar-refractivity contribution >= 4 is 12.1 Å². The van der Waals surface area contributed by atoms with Crippen molar-refractivity contribution in [2.45, 2.75) is 43.7 Å². The number of rotatable bonds is 5. The summed E-state index contributed by atoms with van der Waals surface area (Å²) in [5.74, 6) is -1.47. The van der Waals surface area contributed by atoms with E-state index >= 15 is 0 Å². The third kappa shape index (κ3) is 3.98. The van der Waals surface area contributed by atoms with Crippen molar-refractivity contribution in [3.8, 4) is 11.1 Å². The monoisotopic (exact) mass is 395 g/mol. The number of aliphatic carboxylic acids is 1. The molecule has 6 heteroatoms. The van der Waals surface area contributed by atoms with E-state index in [4.69, 9.17) is 4.74 Å². The van der Waals surface area contributed by atoms with E-state index in [0.29, 0.717) is 19.3 Å². The molecule has 1 fully saturated rings. The van der Waals surface area contributed by atoms with Crippen LogP contribution < -0.4 is 5.32 Å². The van der Waals surface area contributed by atoms with Crippen molar-refractivity contribution in [1.82, 2.24) is 5.32 Å². The summed E-state index contributed by atoms with van der Waals surface area (Å²) in [7, 11) is 0. The van der Waals surface area contributed by atoms with E-state index in [9.17, 15) is 19.8 Å². The fourth-order valence-corrected chi connectivity index (χ4v) is 4.65. The number of hydrogen-bond donors (Lipinski definition) is 3. The maximum atomic E-state index is 12.4. The Kier molecular flexibility index (Phi) is 5.53. The number of fused-ring (bicyclic) bond motifs is 3. The van der Waals surface area contributed by atoms with Crippen LogP contribution in [0.2, 0.25) is 0 Å². The summed E-state index contributed by atoms with van der Waals surface area (Å²) in [4.78, 5) is 24.1. The Morgan fingerprint density at radius 3 is 2.24 bits per heavy atom. The molecule has 6 nitrogen and oxygen atoms in total. The van der Waals surface area contributed by atoms with Crippen molar-refractivity contribution < 1.29 is 24.5 Å². The van der Waals surface area contributed by atoms with Crippen LogP contribution in [0.3, 0.4) is 0 Å². The van der Waals surface area contributed by atoms with Gasteiger partial charge in [-0.1, -0.05) is 55.0 Å². The predicted octanol–water partition coefficient (Wildman–Crippen LogP) is 3.53. The Balaban J connectivity index is 1.43. The van der Waals surface area contributed by atoms with Crippen LogP contribution in [0.1, 0.15) is 42.7 Å². The molecule has 2 aliphatic carbocycles. The molecule has 2 unspecified atom stereocenters. The molecular formula is C23H25NO5. The Morgan fingerprint density at radius 2 is 1.66 bits per heavy atom. The molecule has 29 heavy (non-hydrogen) atoms. The van der Waals surface area contributed by atoms with Gasteiger partial charge >= 0.3 is 12.1 Å². The van der Waals surface area contributed by atoms with Crippen LogP contribution in [0.4, 0.5) is 4.79 Å². The zero-order valence-corrected chi connectivity index (χ0v) is 16.1. The quantitative estimate of drug-likeness (QED) is 0.720. The van der Waals surface area contributed by atoms with Gasteiger partial charge in [0.1, 0.15) is 12.6 Å². The number of ether oxygens (including phenoxy) is 1. The number of carbonyl (C=O) groups is 2. The molecule has 152 valence electrons. The largest absolute Gasteiger partial charge is 0.480 e. The van der Waals surface area contributed by atoms with Gasteiger partial charge in [0.15, 0.2) is 0 Å². The SMILES string of the molecule is O=C(NC(C(=O)O)[C@H]1CCCC(O)C1)OCC1c2ccccc2-c2ccccc21. The minimum atomic E-state index is -1.10. The summed E-state index contributed by atoms with van der Waals surface area (Å²) in [6, 6.07) is 15.0. The minimum absolute atomic E-state index is 0.0760. The second-order valence-electron chi connectivity index (χ2n) is 7.87. The van der Waals surface area contributed by atoms with Gasteiger partial charge in [-0.05, 0) is 47.4 Å². The standard InChI is InChI=1S/C23H25NO5/c25-15-7-5-6-14(12-15)21(22(26)27)24-23(28)29-13-20-18-10-3-1-8-16(18)17-9-2-4-11-19(17)20/h1-4,8-11,14-15,20-21,25H,5-7,12-13H2,(H,24,28)(H,26,27)/t14-,15?,21?/m0/s1. The molecule has 0 radical (unpaired) electrons. The average molecular weight is 395 g/mol. The van der Waals surface area contributed by atoms with E-state index in [1.807, 2.05) is 36.4 Å². The van der Waals surface area contributed by atoms with Crippen LogP contribution in [0, 0.1) is 5.92 Å². The highest BCUT2D eigenvalue weighted by Crippen LogP contribution is 2.44. The Bertz CT molecular complexity index is 866. The number of alkyl carbamates (subject to hydrolysis) is 1. The van der Waals surface area contributed by atoms with E-state index < -0.39 is 24.2 Å². The maximum Gasteiger partial charge on any atom is 0.407 e. The number of carboxylic acids is 1. The lowest BCUT2D eigenvalue weighted by Crippen LogP contribution is -2.48. The number of carbonyl (C=O) groups excluding carboxylic acids is 1. The first-order valence-corrected chi connectivity index (χ1v) is 10.1. The third-order valence-electron chi connectivity index (χ3n) is 6.04. The van der Waals surface area contributed by atoms with Crippen molar-refractivity contribution in [3.05, 3.63) is 59.7 Å². The molecule has 0 aromatic heterocycles. The number of aliphatic hydroxyl groups excluding tert-OH is 1. The molecule has 2 aliphatic rings. The molecule has 1 saturated carbocycles. The highest BCUT2D eigenvalue weighted by atomic mass is 16.5. The molecule has 0 heterocycles. The highest BCUT2D eigenvalue weighted by Gasteiger charge is 2.34. The molecule has 2 aromatic rings. The molecular weight excluding hydrogens is 370 g/mol. The second-order valence-corrected chi connectivity index (χ2v) is 7.87. The van der Waals surface area contributed by atoms with Crippen LogP contribution in [0.5, 0.6) is 0 Å². The Hall–Kier alpha value is -2.86. The molecule has 3 N–H and O–H groups in total. The average Bonchev–Trinajstić information content (AvgIpc) is 3.04. The van der Waals surface area contributed by atoms with E-state index in [2.05, 4.69) is 17.4 Å². The van der Waals surface area contributed by atoms with Gasteiger partial charge in [0.05, 0.1) is 6.10 Å². The van der Waals surface area contributed by atoms with Gasteiger partial charge in [-0.2, -0.15) is 0 Å². The van der Waals surface area contributed by atoms with Gasteiger partial charge in [-0.15, -0.1) is 0 Å². The van der Waals surface area contributed by atoms with Gasteiger partial charge in [-0.25, -0.2) is 9.59 Å². The normalized spacial score (nSPS) is 21.7. The highest BCUT2D eigenvalue weighted by molar-refractivity contribution is 5.81. The fraction of sp³-hybridized carbons (Fsp3) is 0.391. The smallest absolute Gasteiger partial charge is 0.407 e. The summed E-state index contributed by atoms with van der Waals surface area (Å²) >= 11 is 0. The number of amides is 1. The summed E-state index contributed by atoms with van der Waals surface area (Å²) in [5, 5.41) is 21.9. The second kappa shape index (κ2) is 8.25. The van der Waals surface area contributed by atoms with E-state index in [-0.39, 0.29) is 18.4 Å². The molecule has 2 aromatic carbocycles. The van der Waals surface area contributed by atoms with Gasteiger partial charge in [0.2, 0.25) is 0 Å². The number of carboxylic acid groups (broad SMARTS) is 1. The first-order chi connectivity index (χ1) is 14.0. The molecule has 0 aliphatic heterocycles. The first-order valence-electron chi connectivity index (χ1n) is 10.1. The summed E-state index contributed by atoms with van der Waals surface area (Å²) in [6.07, 6.45) is 1.22. The zero-order valence-electron chi connectivity index (χ0n) is 16.1. The van der Waals surface area contributed by atoms with Gasteiger partial charge in [0, 0.05) is 5.92 Å². The molecule has 3 atom stereocenters. The van der Waals surface area contributed by atoms with Gasteiger partial charge in [-0.3, -0.25) is 0 Å². The number of aliphatic hydroxyl groups is 1. The van der Waals surface area contributed by atoms with E-state index in [1.165, 1.54) is 0 Å². The number of nitrogens with one attached hydrogen (secondary N) is 1. The van der Waals surface area contributed by atoms with Gasteiger partial charge in [0.25, 0.3) is 0 Å². The molecule has 4 rings (SSSR count). The lowest BCUT2D eigenvalue weighted by atomic mass is 9.82. The lowest BCUT2D eigenvalue weighted by molar-refractivity contribution is -0.141. The number of hydrogen-bond acceptors (Lipinski definition) is 4. The molecule has 0 bridgehead atoms. The van der Waals surface area contributed by atoms with E-state index in [0.717, 1.165) is 28.7 Å². The third-order valence-corrected chi connectivity index (χ3v) is 6.04. The molecule has 1 amide bonds. The van der Waals surface area contributed by atoms with Crippen LogP contribution in [-0.4, -0.2) is 41.0 Å². The topological polar surface area (TPSA) is 95.9 Å². The summed E-state index contributed by atoms with van der Waals surface area (Å²) in [5.41, 5.74) is 4.48. The molecule has 0 saturated heterocycles. The van der Waals surface area contributed by atoms with Crippen LogP contribution in [0.25, 0.3) is 11.1 Å². The Labute approximate surface area is 169 Å². The van der Waals surface area contributed by atoms with Crippen molar-refractivity contribution in [2.24, 2.45) is 5.92 Å². The fourth-order valence-electron chi connectivity index (χ4n) is 4.65. The van der Waals surface area contributed by atoms with Crippen LogP contribution in [0.15, 0.2) is 48.5 Å². The van der Waals surface area contributed by atoms with E-state index in [1.54, 1.807) is 0 Å². The van der Waals surface area contributed by atoms with Crippen molar-refractivity contribution in [1.29, 1.82) is 0 Å². The lowest BCUT2D eigenvalue weighted by Gasteiger charge is -2.30. The first kappa shape index (κ1) is 19.5. The van der Waals surface area contributed by atoms with Crippen molar-refractivity contribution in [2.75, 3.05) is 6.61 Å². The Morgan fingerprint density at radius 1 is 1.03 bits per heavy atom.